The van der Waals surface area contributed by atoms with Crippen LogP contribution >= 0.6 is 0 Å². The quantitative estimate of drug-likeness (QED) is 0.285. The number of ether oxygens (including phenoxy) is 1. The molecule has 5 heteroatoms. The van der Waals surface area contributed by atoms with Gasteiger partial charge in [-0.1, -0.05) is 64.2 Å². The molecule has 0 aromatic heterocycles. The molecule has 3 saturated carbocycles. The predicted molar refractivity (Wildman–Crippen MR) is 147 cm³/mol. The van der Waals surface area contributed by atoms with Crippen LogP contribution in [-0.4, -0.2) is 6.61 Å². The van der Waals surface area contributed by atoms with Gasteiger partial charge >= 0.3 is 6.18 Å². The Morgan fingerprint density at radius 2 is 1.37 bits per heavy atom. The summed E-state index contributed by atoms with van der Waals surface area (Å²) in [5, 5.41) is 0. The maximum Gasteiger partial charge on any atom is 0.419 e. The van der Waals surface area contributed by atoms with E-state index in [2.05, 4.69) is 13.8 Å². The lowest BCUT2D eigenvalue weighted by Gasteiger charge is -2.37. The fraction of sp³-hybridized carbons (Fsp3) is 0.758. The lowest BCUT2D eigenvalue weighted by atomic mass is 9.69. The molecule has 0 heterocycles. The summed E-state index contributed by atoms with van der Waals surface area (Å²) in [6.07, 6.45) is 16.3. The highest BCUT2D eigenvalue weighted by Gasteiger charge is 2.38. The number of hydrogen-bond donors (Lipinski definition) is 0. The molecule has 0 unspecified atom stereocenters. The van der Waals surface area contributed by atoms with Crippen molar-refractivity contribution in [3.05, 3.63) is 35.2 Å². The average Bonchev–Trinajstić information content (AvgIpc) is 2.92. The molecule has 38 heavy (non-hydrogen) atoms. The third-order valence-corrected chi connectivity index (χ3v) is 10.1. The lowest BCUT2D eigenvalue weighted by Crippen LogP contribution is -2.27. The van der Waals surface area contributed by atoms with E-state index in [4.69, 9.17) is 4.74 Å². The number of allylic oxidation sites excluding steroid dienone is 1. The zero-order valence-electron chi connectivity index (χ0n) is 23.5. The van der Waals surface area contributed by atoms with E-state index in [0.29, 0.717) is 6.61 Å². The van der Waals surface area contributed by atoms with Crippen molar-refractivity contribution in [1.82, 2.24) is 0 Å². The molecular weight excluding hydrogens is 488 g/mol. The standard InChI is InChI=1S/C33H48F4O/c1-3-5-24-6-8-25(9-7-24)12-19-29-20-21-30(32(34)31(29)33(35,36)37)38-22-26-13-17-28(18-14-26)27-15-10-23(4-2)11-16-27/h12,19-21,23-28H,3-11,13-18,22H2,1-2H3/b19-12+. The van der Waals surface area contributed by atoms with Crippen LogP contribution in [0.4, 0.5) is 17.6 Å². The molecule has 3 aliphatic carbocycles. The van der Waals surface area contributed by atoms with Gasteiger partial charge in [0.05, 0.1) is 6.61 Å². The van der Waals surface area contributed by atoms with E-state index in [0.717, 1.165) is 75.0 Å². The van der Waals surface area contributed by atoms with Crippen molar-refractivity contribution in [3.63, 3.8) is 0 Å². The van der Waals surface area contributed by atoms with Gasteiger partial charge in [0.2, 0.25) is 0 Å². The van der Waals surface area contributed by atoms with E-state index in [1.807, 2.05) is 6.08 Å². The molecular formula is C33H48F4O. The minimum absolute atomic E-state index is 0.101. The normalized spacial score (nSPS) is 31.0. The fourth-order valence-corrected chi connectivity index (χ4v) is 7.53. The lowest BCUT2D eigenvalue weighted by molar-refractivity contribution is -0.140. The molecule has 0 atom stereocenters. The molecule has 3 aliphatic rings. The topological polar surface area (TPSA) is 9.23 Å². The summed E-state index contributed by atoms with van der Waals surface area (Å²) in [7, 11) is 0. The van der Waals surface area contributed by atoms with Crippen molar-refractivity contribution in [2.45, 2.75) is 116 Å². The monoisotopic (exact) mass is 536 g/mol. The Morgan fingerprint density at radius 3 is 1.92 bits per heavy atom. The number of rotatable bonds is 9. The summed E-state index contributed by atoms with van der Waals surface area (Å²) in [6.45, 7) is 4.77. The van der Waals surface area contributed by atoms with Crippen LogP contribution in [0.2, 0.25) is 0 Å². The van der Waals surface area contributed by atoms with Gasteiger partial charge in [0, 0.05) is 0 Å². The number of alkyl halides is 3. The van der Waals surface area contributed by atoms with Crippen molar-refractivity contribution < 1.29 is 22.3 Å². The van der Waals surface area contributed by atoms with Gasteiger partial charge in [0.15, 0.2) is 11.6 Å². The maximum atomic E-state index is 15.2. The Hall–Kier alpha value is -1.52. The van der Waals surface area contributed by atoms with Crippen LogP contribution in [-0.2, 0) is 6.18 Å². The molecule has 0 aliphatic heterocycles. The molecule has 1 aromatic carbocycles. The summed E-state index contributed by atoms with van der Waals surface area (Å²) in [6, 6.07) is 2.77. The zero-order chi connectivity index (χ0) is 27.1. The summed E-state index contributed by atoms with van der Waals surface area (Å²) < 4.78 is 62.6. The van der Waals surface area contributed by atoms with Gasteiger partial charge in [0.1, 0.15) is 5.56 Å². The van der Waals surface area contributed by atoms with Crippen LogP contribution in [0.5, 0.6) is 5.75 Å². The van der Waals surface area contributed by atoms with Crippen molar-refractivity contribution in [3.8, 4) is 5.75 Å². The molecule has 0 spiro atoms. The maximum absolute atomic E-state index is 15.2. The van der Waals surface area contributed by atoms with E-state index < -0.39 is 17.6 Å². The summed E-state index contributed by atoms with van der Waals surface area (Å²) in [4.78, 5) is 0. The van der Waals surface area contributed by atoms with Crippen LogP contribution < -0.4 is 4.74 Å². The first kappa shape index (κ1) is 29.5. The highest BCUT2D eigenvalue weighted by Crippen LogP contribution is 2.43. The van der Waals surface area contributed by atoms with Crippen LogP contribution in [0.3, 0.4) is 0 Å². The Bertz CT molecular complexity index is 883. The second kappa shape index (κ2) is 13.7. The average molecular weight is 537 g/mol. The molecule has 0 radical (unpaired) electrons. The van der Waals surface area contributed by atoms with Crippen molar-refractivity contribution in [2.24, 2.45) is 35.5 Å². The Balaban J connectivity index is 1.32. The van der Waals surface area contributed by atoms with Crippen molar-refractivity contribution in [2.75, 3.05) is 6.61 Å². The minimum Gasteiger partial charge on any atom is -0.490 e. The summed E-state index contributed by atoms with van der Waals surface area (Å²) in [5.74, 6) is 2.25. The van der Waals surface area contributed by atoms with Gasteiger partial charge in [-0.05, 0) is 111 Å². The second-order valence-electron chi connectivity index (χ2n) is 12.5. The van der Waals surface area contributed by atoms with E-state index in [1.54, 1.807) is 0 Å². The van der Waals surface area contributed by atoms with E-state index in [-0.39, 0.29) is 23.1 Å². The molecule has 214 valence electrons. The molecule has 0 bridgehead atoms. The Kier molecular flexibility index (Phi) is 10.6. The van der Waals surface area contributed by atoms with Crippen LogP contribution in [0, 0.1) is 41.3 Å². The van der Waals surface area contributed by atoms with Crippen molar-refractivity contribution >= 4 is 6.08 Å². The molecule has 0 N–H and O–H groups in total. The minimum atomic E-state index is -4.77. The molecule has 3 fully saturated rings. The molecule has 1 nitrogen and oxygen atoms in total. The van der Waals surface area contributed by atoms with Crippen LogP contribution in [0.25, 0.3) is 6.08 Å². The number of halogens is 4. The summed E-state index contributed by atoms with van der Waals surface area (Å²) in [5.41, 5.74) is -1.30. The largest absolute Gasteiger partial charge is 0.490 e. The van der Waals surface area contributed by atoms with Gasteiger partial charge in [-0.2, -0.15) is 13.2 Å². The molecule has 1 aromatic rings. The SMILES string of the molecule is CCCC1CCC(/C=C/c2ccc(OCC3CCC(C4CCC(CC)CC4)CC3)c(F)c2C(F)(F)F)CC1. The third-order valence-electron chi connectivity index (χ3n) is 10.1. The first-order valence-electron chi connectivity index (χ1n) is 15.5. The van der Waals surface area contributed by atoms with Gasteiger partial charge < -0.3 is 4.74 Å². The summed E-state index contributed by atoms with van der Waals surface area (Å²) >= 11 is 0. The van der Waals surface area contributed by atoms with E-state index >= 15 is 4.39 Å². The predicted octanol–water partition coefficient (Wildman–Crippen LogP) is 10.9. The van der Waals surface area contributed by atoms with Gasteiger partial charge in [0.25, 0.3) is 0 Å². The first-order chi connectivity index (χ1) is 18.3. The number of benzene rings is 1. The second-order valence-corrected chi connectivity index (χ2v) is 12.5. The first-order valence-corrected chi connectivity index (χ1v) is 15.5. The van der Waals surface area contributed by atoms with Gasteiger partial charge in [-0.15, -0.1) is 0 Å². The van der Waals surface area contributed by atoms with Gasteiger partial charge in [-0.25, -0.2) is 4.39 Å². The highest BCUT2D eigenvalue weighted by atomic mass is 19.4. The number of hydrogen-bond acceptors (Lipinski definition) is 1. The van der Waals surface area contributed by atoms with Crippen LogP contribution in [0.1, 0.15) is 121 Å². The molecule has 0 saturated heterocycles. The Labute approximate surface area is 227 Å². The van der Waals surface area contributed by atoms with E-state index in [1.165, 1.54) is 63.2 Å². The smallest absolute Gasteiger partial charge is 0.419 e. The van der Waals surface area contributed by atoms with Crippen molar-refractivity contribution in [1.29, 1.82) is 0 Å². The van der Waals surface area contributed by atoms with Crippen LogP contribution in [0.15, 0.2) is 18.2 Å². The van der Waals surface area contributed by atoms with E-state index in [9.17, 15) is 13.2 Å². The molecule has 0 amide bonds. The third kappa shape index (κ3) is 7.78. The zero-order valence-corrected chi connectivity index (χ0v) is 23.5. The van der Waals surface area contributed by atoms with Gasteiger partial charge in [-0.3, -0.25) is 0 Å². The fourth-order valence-electron chi connectivity index (χ4n) is 7.53. The Morgan fingerprint density at radius 1 is 0.789 bits per heavy atom. The molecule has 4 rings (SSSR count). The highest BCUT2D eigenvalue weighted by molar-refractivity contribution is 5.57.